The number of anilines is 2. The summed E-state index contributed by atoms with van der Waals surface area (Å²) in [5.74, 6) is -0.314. The van der Waals surface area contributed by atoms with Crippen LogP contribution in [0.1, 0.15) is 20.3 Å². The van der Waals surface area contributed by atoms with Gasteiger partial charge in [-0.15, -0.1) is 0 Å². The fourth-order valence-corrected chi connectivity index (χ4v) is 4.53. The average Bonchev–Trinajstić information content (AvgIpc) is 2.32. The summed E-state index contributed by atoms with van der Waals surface area (Å²) in [7, 11) is 29.7. The van der Waals surface area contributed by atoms with Crippen LogP contribution in [0.5, 0.6) is 0 Å². The molecule has 3 N–H and O–H groups in total. The molecule has 1 rings (SSSR count). The number of nitrogens with two attached hydrogens (primary N) is 1. The second-order valence-corrected chi connectivity index (χ2v) is 23.4. The molecule has 0 saturated heterocycles. The molecule has 0 aliphatic rings. The highest BCUT2D eigenvalue weighted by Gasteiger charge is 2.55. The van der Waals surface area contributed by atoms with Crippen molar-refractivity contribution in [1.29, 1.82) is 0 Å². The van der Waals surface area contributed by atoms with Crippen molar-refractivity contribution in [2.75, 3.05) is 17.7 Å². The standard InChI is InChI=1S/C12H17Cl5N2O2S/c1-3-6-21-8(2)12(20)19-9-4-5-11(10(18)7-9)22(13,14,15,16)17/h4-5,7-8H,3,6,18H2,1-2H3,(H,19,20). The number of carbonyl (C=O) groups excluding carboxylic acids is 1. The quantitative estimate of drug-likeness (QED) is 0.542. The first-order chi connectivity index (χ1) is 9.74. The number of hydrogen-bond donors (Lipinski definition) is 2. The van der Waals surface area contributed by atoms with Crippen LogP contribution in [0.3, 0.4) is 0 Å². The third-order valence-corrected chi connectivity index (χ3v) is 6.33. The number of carbonyl (C=O) groups is 1. The zero-order valence-electron chi connectivity index (χ0n) is 11.9. The van der Waals surface area contributed by atoms with Gasteiger partial charge in [-0.05, 0) is 85.0 Å². The Morgan fingerprint density at radius 1 is 1.32 bits per heavy atom. The second kappa shape index (κ2) is 6.28. The van der Waals surface area contributed by atoms with E-state index < -0.39 is 10.5 Å². The van der Waals surface area contributed by atoms with Crippen LogP contribution in [-0.2, 0) is 9.53 Å². The molecule has 0 fully saturated rings. The third-order valence-electron chi connectivity index (χ3n) is 2.63. The Morgan fingerprint density at radius 2 is 1.91 bits per heavy atom. The molecule has 1 aromatic carbocycles. The first-order valence-corrected chi connectivity index (χ1v) is 12.9. The summed E-state index contributed by atoms with van der Waals surface area (Å²) >= 11 is 0. The van der Waals surface area contributed by atoms with E-state index in [0.29, 0.717) is 12.3 Å². The minimum Gasteiger partial charge on any atom is -0.398 e. The molecule has 1 amide bonds. The van der Waals surface area contributed by atoms with E-state index in [2.05, 4.69) is 5.32 Å². The third kappa shape index (κ3) is 6.04. The summed E-state index contributed by atoms with van der Waals surface area (Å²) in [5.41, 5.74) is 6.31. The van der Waals surface area contributed by atoms with Crippen molar-refractivity contribution in [3.8, 4) is 0 Å². The lowest BCUT2D eigenvalue weighted by Gasteiger charge is -2.50. The lowest BCUT2D eigenvalue weighted by atomic mass is 10.2. The summed E-state index contributed by atoms with van der Waals surface area (Å²) in [6, 6.07) is 4.28. The van der Waals surface area contributed by atoms with Crippen molar-refractivity contribution >= 4 is 75.1 Å². The highest BCUT2D eigenvalue weighted by Crippen LogP contribution is 3.13. The van der Waals surface area contributed by atoms with Gasteiger partial charge >= 0.3 is 0 Å². The summed E-state index contributed by atoms with van der Waals surface area (Å²) in [6.07, 6.45) is 0.222. The Bertz CT molecular complexity index is 576. The molecule has 0 aliphatic heterocycles. The highest BCUT2D eigenvalue weighted by molar-refractivity contribution is 9.23. The van der Waals surface area contributed by atoms with E-state index in [-0.39, 0.29) is 16.5 Å². The Morgan fingerprint density at radius 3 is 2.36 bits per heavy atom. The monoisotopic (exact) mass is 428 g/mol. The predicted octanol–water partition coefficient (Wildman–Crippen LogP) is 6.03. The minimum absolute atomic E-state index is 0.0124. The van der Waals surface area contributed by atoms with Gasteiger partial charge in [0.25, 0.3) is 5.91 Å². The molecule has 4 nitrogen and oxygen atoms in total. The van der Waals surface area contributed by atoms with E-state index in [4.69, 9.17) is 63.9 Å². The van der Waals surface area contributed by atoms with Crippen molar-refractivity contribution in [2.24, 2.45) is 0 Å². The lowest BCUT2D eigenvalue weighted by Crippen LogP contribution is -2.28. The number of benzene rings is 1. The fourth-order valence-electron chi connectivity index (χ4n) is 1.59. The SMILES string of the molecule is CCCOC(C)C(=O)Nc1ccc(S(Cl)(Cl)(Cl)(Cl)Cl)c(N)c1. The Balaban J connectivity index is 2.94. The van der Waals surface area contributed by atoms with Gasteiger partial charge in [-0.1, -0.05) is 6.92 Å². The Hall–Kier alpha value is 0.250. The zero-order valence-corrected chi connectivity index (χ0v) is 16.5. The van der Waals surface area contributed by atoms with Crippen LogP contribution in [0.25, 0.3) is 0 Å². The number of halogens is 5. The van der Waals surface area contributed by atoms with Crippen molar-refractivity contribution < 1.29 is 9.53 Å². The summed E-state index contributed by atoms with van der Waals surface area (Å²) in [4.78, 5) is 11.9. The van der Waals surface area contributed by atoms with Gasteiger partial charge in [0.15, 0.2) is 0 Å². The summed E-state index contributed by atoms with van der Waals surface area (Å²) in [5, 5.41) is 2.65. The number of rotatable bonds is 6. The number of nitrogens with one attached hydrogen (secondary N) is 1. The number of hydrogen-bond acceptors (Lipinski definition) is 3. The van der Waals surface area contributed by atoms with Gasteiger partial charge in [0, 0.05) is 22.3 Å². The molecule has 1 aromatic rings. The molecule has 22 heavy (non-hydrogen) atoms. The van der Waals surface area contributed by atoms with Crippen LogP contribution in [0.4, 0.5) is 11.4 Å². The molecule has 0 saturated carbocycles. The van der Waals surface area contributed by atoms with E-state index >= 15 is 0 Å². The first kappa shape index (κ1) is 20.3. The molecule has 0 radical (unpaired) electrons. The largest absolute Gasteiger partial charge is 0.398 e. The van der Waals surface area contributed by atoms with E-state index in [0.717, 1.165) is 6.42 Å². The van der Waals surface area contributed by atoms with Crippen LogP contribution < -0.4 is 11.1 Å². The van der Waals surface area contributed by atoms with Crippen molar-refractivity contribution in [1.82, 2.24) is 0 Å². The normalized spacial score (nSPS) is 16.5. The van der Waals surface area contributed by atoms with Gasteiger partial charge in [0.05, 0.1) is 4.90 Å². The van der Waals surface area contributed by atoms with Crippen LogP contribution in [-0.4, -0.2) is 18.6 Å². The van der Waals surface area contributed by atoms with Crippen LogP contribution in [0.15, 0.2) is 23.1 Å². The topological polar surface area (TPSA) is 64.3 Å². The van der Waals surface area contributed by atoms with Crippen LogP contribution in [0.2, 0.25) is 0 Å². The second-order valence-electron chi connectivity index (χ2n) is 4.72. The van der Waals surface area contributed by atoms with Gasteiger partial charge in [-0.2, -0.15) is 0 Å². The molecule has 128 valence electrons. The number of ether oxygens (including phenoxy) is 1. The first-order valence-electron chi connectivity index (χ1n) is 6.30. The molecule has 0 spiro atoms. The molecule has 0 aliphatic carbocycles. The smallest absolute Gasteiger partial charge is 0.253 e. The minimum atomic E-state index is -4.99. The van der Waals surface area contributed by atoms with Crippen LogP contribution in [0, 0.1) is 0 Å². The van der Waals surface area contributed by atoms with Gasteiger partial charge in [-0.3, -0.25) is 4.79 Å². The number of amides is 1. The molecule has 0 aromatic heterocycles. The fraction of sp³-hybridized carbons (Fsp3) is 0.417. The van der Waals surface area contributed by atoms with Crippen LogP contribution >= 0.6 is 57.8 Å². The molecule has 0 heterocycles. The Labute approximate surface area is 151 Å². The summed E-state index contributed by atoms with van der Waals surface area (Å²) in [6.45, 7) is 4.10. The van der Waals surface area contributed by atoms with Gasteiger partial charge in [0.2, 0.25) is 0 Å². The molecular weight excluding hydrogens is 413 g/mol. The molecule has 1 unspecified atom stereocenters. The molecular formula is C12H17Cl5N2O2S. The maximum Gasteiger partial charge on any atom is 0.253 e. The lowest BCUT2D eigenvalue weighted by molar-refractivity contribution is -0.126. The Kier molecular flexibility index (Phi) is 5.79. The highest BCUT2D eigenvalue weighted by atomic mass is 36.6. The summed E-state index contributed by atoms with van der Waals surface area (Å²) < 4.78 is 0.332. The van der Waals surface area contributed by atoms with Gasteiger partial charge < -0.3 is 15.8 Å². The molecule has 1 atom stereocenters. The zero-order chi connectivity index (χ0) is 17.2. The maximum absolute atomic E-state index is 11.9. The molecule has 0 bridgehead atoms. The van der Waals surface area contributed by atoms with Gasteiger partial charge in [-0.25, -0.2) is 0 Å². The average molecular weight is 431 g/mol. The number of nitrogen functional groups attached to an aromatic ring is 1. The van der Waals surface area contributed by atoms with E-state index in [1.807, 2.05) is 6.92 Å². The van der Waals surface area contributed by atoms with E-state index in [9.17, 15) is 4.79 Å². The van der Waals surface area contributed by atoms with Crippen molar-refractivity contribution in [3.05, 3.63) is 18.2 Å². The van der Waals surface area contributed by atoms with E-state index in [1.165, 1.54) is 18.2 Å². The van der Waals surface area contributed by atoms with E-state index in [1.54, 1.807) is 6.92 Å². The predicted molar refractivity (Wildman–Crippen MR) is 100 cm³/mol. The molecule has 10 heteroatoms. The maximum atomic E-state index is 11.9. The van der Waals surface area contributed by atoms with Crippen molar-refractivity contribution in [3.63, 3.8) is 0 Å². The van der Waals surface area contributed by atoms with Gasteiger partial charge in [0.1, 0.15) is 6.10 Å². The van der Waals surface area contributed by atoms with Crippen molar-refractivity contribution in [2.45, 2.75) is 31.3 Å².